The number of carboxylic acids is 1. The molecule has 0 aromatic heterocycles. The number of nitrogens with zero attached hydrogens (tertiary/aromatic N) is 1. The van der Waals surface area contributed by atoms with Crippen molar-refractivity contribution in [1.29, 1.82) is 0 Å². The van der Waals surface area contributed by atoms with E-state index in [-0.39, 0.29) is 81.4 Å². The van der Waals surface area contributed by atoms with Gasteiger partial charge in [-0.2, -0.15) is 0 Å². The third-order valence-electron chi connectivity index (χ3n) is 8.21. The zero-order valence-corrected chi connectivity index (χ0v) is 30.4. The minimum atomic E-state index is -1.37. The Balaban J connectivity index is 2.72. The number of hydrogen-bond donors (Lipinski definition) is 7. The van der Waals surface area contributed by atoms with E-state index in [1.165, 1.54) is 0 Å². The molecule has 1 heterocycles. The number of primary amides is 1. The van der Waals surface area contributed by atoms with Crippen molar-refractivity contribution in [1.82, 2.24) is 31.5 Å². The summed E-state index contributed by atoms with van der Waals surface area (Å²) < 4.78 is 5.39. The fourth-order valence-electron chi connectivity index (χ4n) is 5.19. The summed E-state index contributed by atoms with van der Waals surface area (Å²) in [5, 5.41) is 21.6. The maximum Gasteiger partial charge on any atom is 0.312 e. The number of ketones is 1. The van der Waals surface area contributed by atoms with Crippen LogP contribution in [0.1, 0.15) is 80.1 Å². The first kappa shape index (κ1) is 44.4. The van der Waals surface area contributed by atoms with Gasteiger partial charge in [0.15, 0.2) is 5.78 Å². The lowest BCUT2D eigenvalue weighted by Gasteiger charge is -2.27. The molecule has 18 heteroatoms. The number of carbonyl (C=O) groups excluding carboxylic acids is 8. The number of likely N-dealkylation sites (tertiary alicyclic amines) is 1. The van der Waals surface area contributed by atoms with E-state index in [1.807, 2.05) is 13.8 Å². The zero-order valence-electron chi connectivity index (χ0n) is 30.4. The second-order valence-electron chi connectivity index (χ2n) is 13.4. The second-order valence-corrected chi connectivity index (χ2v) is 13.4. The maximum atomic E-state index is 13.3. The third kappa shape index (κ3) is 16.3. The molecule has 4 unspecified atom stereocenters. The Labute approximate surface area is 298 Å². The van der Waals surface area contributed by atoms with E-state index in [0.29, 0.717) is 6.42 Å². The van der Waals surface area contributed by atoms with Crippen LogP contribution in [0, 0.1) is 23.7 Å². The predicted octanol–water partition coefficient (Wildman–Crippen LogP) is -0.811. The monoisotopic (exact) mass is 725 g/mol. The van der Waals surface area contributed by atoms with E-state index < -0.39 is 78.6 Å². The molecule has 1 aliphatic rings. The van der Waals surface area contributed by atoms with Gasteiger partial charge in [-0.1, -0.05) is 41.5 Å². The number of amides is 8. The van der Waals surface area contributed by atoms with Crippen LogP contribution < -0.4 is 32.3 Å². The molecule has 0 radical (unpaired) electrons. The third-order valence-corrected chi connectivity index (χ3v) is 8.21. The number of ether oxygens (including phenoxy) is 1. The van der Waals surface area contributed by atoms with Gasteiger partial charge >= 0.3 is 12.0 Å². The van der Waals surface area contributed by atoms with Crippen molar-refractivity contribution in [3.63, 3.8) is 0 Å². The number of rotatable bonds is 24. The lowest BCUT2D eigenvalue weighted by atomic mass is 9.94. The van der Waals surface area contributed by atoms with Gasteiger partial charge in [-0.05, 0) is 31.1 Å². The summed E-state index contributed by atoms with van der Waals surface area (Å²) in [6, 6.07) is -4.18. The Morgan fingerprint density at radius 3 is 2.06 bits per heavy atom. The first-order valence-electron chi connectivity index (χ1n) is 17.2. The van der Waals surface area contributed by atoms with Crippen molar-refractivity contribution in [2.45, 2.75) is 98.2 Å². The Morgan fingerprint density at radius 2 is 1.51 bits per heavy atom. The second kappa shape index (κ2) is 22.3. The smallest absolute Gasteiger partial charge is 0.312 e. The van der Waals surface area contributed by atoms with Crippen LogP contribution >= 0.6 is 0 Å². The van der Waals surface area contributed by atoms with Crippen molar-refractivity contribution in [3.05, 3.63) is 0 Å². The van der Waals surface area contributed by atoms with E-state index in [4.69, 9.17) is 10.5 Å². The summed E-state index contributed by atoms with van der Waals surface area (Å²) in [7, 11) is 0. The molecule has 0 spiro atoms. The first-order chi connectivity index (χ1) is 23.8. The number of nitrogens with two attached hydrogens (primary N) is 1. The van der Waals surface area contributed by atoms with Crippen LogP contribution in [0.5, 0.6) is 0 Å². The van der Waals surface area contributed by atoms with Crippen LogP contribution in [0.25, 0.3) is 0 Å². The van der Waals surface area contributed by atoms with E-state index in [0.717, 1.165) is 4.90 Å². The van der Waals surface area contributed by atoms with Gasteiger partial charge in [-0.3, -0.25) is 43.3 Å². The fraction of sp³-hybridized carbons (Fsp3) is 0.727. The average molecular weight is 726 g/mol. The molecule has 0 aliphatic carbocycles. The van der Waals surface area contributed by atoms with E-state index in [2.05, 4.69) is 26.6 Å². The topological polar surface area (TPSA) is 272 Å². The highest BCUT2D eigenvalue weighted by Gasteiger charge is 2.39. The normalized spacial score (nSPS) is 16.1. The lowest BCUT2D eigenvalue weighted by molar-refractivity contribution is -0.141. The molecule has 1 aliphatic heterocycles. The van der Waals surface area contributed by atoms with Gasteiger partial charge in [0.1, 0.15) is 12.1 Å². The van der Waals surface area contributed by atoms with Crippen molar-refractivity contribution in [3.8, 4) is 0 Å². The Hall–Kier alpha value is -4.61. The molecule has 51 heavy (non-hydrogen) atoms. The minimum Gasteiger partial charge on any atom is -0.481 e. The van der Waals surface area contributed by atoms with Crippen LogP contribution in [-0.2, 0) is 43.1 Å². The molecule has 8 amide bonds. The van der Waals surface area contributed by atoms with Gasteiger partial charge in [-0.25, -0.2) is 4.79 Å². The van der Waals surface area contributed by atoms with Crippen LogP contribution in [0.2, 0.25) is 0 Å². The molecule has 8 N–H and O–H groups in total. The molecular weight excluding hydrogens is 670 g/mol. The Kier molecular flexibility index (Phi) is 19.4. The van der Waals surface area contributed by atoms with Crippen LogP contribution in [0.3, 0.4) is 0 Å². The number of hydrogen-bond acceptors (Lipinski definition) is 10. The van der Waals surface area contributed by atoms with Gasteiger partial charge in [0.25, 0.3) is 0 Å². The maximum absolute atomic E-state index is 13.3. The van der Waals surface area contributed by atoms with Gasteiger partial charge in [0.2, 0.25) is 35.4 Å². The summed E-state index contributed by atoms with van der Waals surface area (Å²) >= 11 is 0. The lowest BCUT2D eigenvalue weighted by Crippen LogP contribution is -2.58. The van der Waals surface area contributed by atoms with E-state index in [9.17, 15) is 48.3 Å². The number of carbonyl (C=O) groups is 9. The molecular formula is C33H55N7O11. The standard InChI is InChI=1S/C33H55N7O11/c1-18(2)21-16-26(43)40(32(21)49)13-15-51-14-11-24(41)36-17-25(42)37-23(9-10-27(44)45)30(47)39-28(19(3)4)31(48)38-22(29(46)20(5)6)8-7-12-35-33(34)50/h18-23,28H,7-17H2,1-6H3,(H,36,41)(H,37,42)(H,38,48)(H,39,47)(H,44,45)(H3,34,35,50). The van der Waals surface area contributed by atoms with E-state index >= 15 is 0 Å². The highest BCUT2D eigenvalue weighted by molar-refractivity contribution is 6.03. The number of aliphatic carboxylic acids is 1. The molecule has 0 aromatic carbocycles. The number of imide groups is 1. The Morgan fingerprint density at radius 1 is 0.843 bits per heavy atom. The molecule has 1 saturated heterocycles. The molecule has 4 atom stereocenters. The summed E-state index contributed by atoms with van der Waals surface area (Å²) in [6.45, 7) is 10.1. The summed E-state index contributed by atoms with van der Waals surface area (Å²) in [4.78, 5) is 112. The van der Waals surface area contributed by atoms with Crippen LogP contribution in [-0.4, -0.2) is 114 Å². The number of urea groups is 1. The predicted molar refractivity (Wildman–Crippen MR) is 182 cm³/mol. The van der Waals surface area contributed by atoms with Crippen molar-refractivity contribution in [2.24, 2.45) is 29.4 Å². The van der Waals surface area contributed by atoms with Crippen LogP contribution in [0.4, 0.5) is 4.79 Å². The summed E-state index contributed by atoms with van der Waals surface area (Å²) in [5.41, 5.74) is 5.07. The minimum absolute atomic E-state index is 0.0367. The van der Waals surface area contributed by atoms with E-state index in [1.54, 1.807) is 27.7 Å². The molecule has 0 aromatic rings. The van der Waals surface area contributed by atoms with Gasteiger partial charge < -0.3 is 42.2 Å². The molecule has 0 saturated carbocycles. The zero-order chi connectivity index (χ0) is 38.8. The number of carboxylic acid groups (broad SMARTS) is 1. The van der Waals surface area contributed by atoms with Crippen molar-refractivity contribution >= 4 is 53.2 Å². The summed E-state index contributed by atoms with van der Waals surface area (Å²) in [6.07, 6.45) is -0.259. The molecule has 0 bridgehead atoms. The molecule has 1 fully saturated rings. The largest absolute Gasteiger partial charge is 0.481 e. The summed E-state index contributed by atoms with van der Waals surface area (Å²) in [5.74, 6) is -6.07. The number of Topliss-reactive ketones (excluding diaryl/α,β-unsaturated/α-hetero) is 1. The highest BCUT2D eigenvalue weighted by Crippen LogP contribution is 2.26. The molecule has 1 rings (SSSR count). The average Bonchev–Trinajstić information content (AvgIpc) is 3.33. The van der Waals surface area contributed by atoms with Gasteiger partial charge in [0.05, 0.1) is 32.3 Å². The molecule has 18 nitrogen and oxygen atoms in total. The fourth-order valence-corrected chi connectivity index (χ4v) is 5.19. The van der Waals surface area contributed by atoms with Gasteiger partial charge in [0, 0.05) is 37.6 Å². The van der Waals surface area contributed by atoms with Gasteiger partial charge in [-0.15, -0.1) is 0 Å². The Bertz CT molecular complexity index is 1270. The SMILES string of the molecule is CC(C)C(=O)C(CCCNC(N)=O)NC(=O)C(NC(=O)C(CCC(=O)O)NC(=O)CNC(=O)CCOCCN1C(=O)CC(C(C)C)C1=O)C(C)C. The molecule has 288 valence electrons. The number of nitrogens with one attached hydrogen (secondary N) is 5. The quantitative estimate of drug-likeness (QED) is 0.0478. The van der Waals surface area contributed by atoms with Crippen LogP contribution in [0.15, 0.2) is 0 Å². The van der Waals surface area contributed by atoms with Crippen molar-refractivity contribution < 1.29 is 53.0 Å². The van der Waals surface area contributed by atoms with Crippen molar-refractivity contribution in [2.75, 3.05) is 32.8 Å². The highest BCUT2D eigenvalue weighted by atomic mass is 16.5. The first-order valence-corrected chi connectivity index (χ1v) is 17.2.